The summed E-state index contributed by atoms with van der Waals surface area (Å²) < 4.78 is 15.8. The standard InChI is InChI=1S/C17H25NO3/c1-19-7-3-4-14-10-15(13-18-16-5-6-16)12-17(11-14)21-9-8-20-2/h3-4,10-12,16,18H,5-9,13H2,1-2H3. The average molecular weight is 291 g/mol. The van der Waals surface area contributed by atoms with E-state index in [0.29, 0.717) is 25.9 Å². The molecule has 0 atom stereocenters. The first-order valence-corrected chi connectivity index (χ1v) is 7.46. The number of benzene rings is 1. The van der Waals surface area contributed by atoms with Crippen LogP contribution in [0, 0.1) is 0 Å². The van der Waals surface area contributed by atoms with Crippen LogP contribution in [0.5, 0.6) is 5.75 Å². The molecule has 21 heavy (non-hydrogen) atoms. The number of methoxy groups -OCH3 is 2. The highest BCUT2D eigenvalue weighted by molar-refractivity contribution is 5.53. The lowest BCUT2D eigenvalue weighted by Crippen LogP contribution is -2.15. The molecule has 4 heteroatoms. The summed E-state index contributed by atoms with van der Waals surface area (Å²) in [4.78, 5) is 0. The Balaban J connectivity index is 2.01. The molecule has 0 heterocycles. The van der Waals surface area contributed by atoms with E-state index in [2.05, 4.69) is 23.5 Å². The number of hydrogen-bond donors (Lipinski definition) is 1. The monoisotopic (exact) mass is 291 g/mol. The quantitative estimate of drug-likeness (QED) is 0.673. The zero-order valence-electron chi connectivity index (χ0n) is 12.9. The molecule has 0 aliphatic heterocycles. The summed E-state index contributed by atoms with van der Waals surface area (Å²) >= 11 is 0. The van der Waals surface area contributed by atoms with Crippen molar-refractivity contribution in [3.63, 3.8) is 0 Å². The van der Waals surface area contributed by atoms with Gasteiger partial charge in [-0.05, 0) is 36.1 Å². The van der Waals surface area contributed by atoms with Crippen molar-refractivity contribution in [1.29, 1.82) is 0 Å². The Morgan fingerprint density at radius 3 is 2.71 bits per heavy atom. The van der Waals surface area contributed by atoms with Gasteiger partial charge in [0.1, 0.15) is 12.4 Å². The average Bonchev–Trinajstić information content (AvgIpc) is 3.30. The lowest BCUT2D eigenvalue weighted by Gasteiger charge is -2.10. The summed E-state index contributed by atoms with van der Waals surface area (Å²) in [5.41, 5.74) is 2.38. The molecule has 0 bridgehead atoms. The van der Waals surface area contributed by atoms with Crippen molar-refractivity contribution in [3.8, 4) is 5.75 Å². The lowest BCUT2D eigenvalue weighted by atomic mass is 10.1. The molecular formula is C17H25NO3. The van der Waals surface area contributed by atoms with Gasteiger partial charge in [0, 0.05) is 26.8 Å². The van der Waals surface area contributed by atoms with Crippen LogP contribution in [0.4, 0.5) is 0 Å². The molecule has 1 aliphatic rings. The minimum Gasteiger partial charge on any atom is -0.491 e. The van der Waals surface area contributed by atoms with E-state index < -0.39 is 0 Å². The molecule has 0 unspecified atom stereocenters. The number of hydrogen-bond acceptors (Lipinski definition) is 4. The Morgan fingerprint density at radius 2 is 2.00 bits per heavy atom. The molecule has 1 N–H and O–H groups in total. The topological polar surface area (TPSA) is 39.7 Å². The van der Waals surface area contributed by atoms with Crippen LogP contribution in [0.3, 0.4) is 0 Å². The molecule has 1 saturated carbocycles. The molecular weight excluding hydrogens is 266 g/mol. The Labute approximate surface area is 127 Å². The van der Waals surface area contributed by atoms with Crippen LogP contribution in [0.15, 0.2) is 24.3 Å². The van der Waals surface area contributed by atoms with Crippen molar-refractivity contribution < 1.29 is 14.2 Å². The Kier molecular flexibility index (Phi) is 6.73. The maximum absolute atomic E-state index is 5.74. The van der Waals surface area contributed by atoms with E-state index in [1.807, 2.05) is 12.1 Å². The summed E-state index contributed by atoms with van der Waals surface area (Å²) in [6.45, 7) is 2.66. The van der Waals surface area contributed by atoms with Crippen LogP contribution < -0.4 is 10.1 Å². The zero-order chi connectivity index (χ0) is 14.9. The van der Waals surface area contributed by atoms with Crippen LogP contribution in [0.25, 0.3) is 6.08 Å². The zero-order valence-corrected chi connectivity index (χ0v) is 12.9. The molecule has 116 valence electrons. The van der Waals surface area contributed by atoms with E-state index in [1.54, 1.807) is 14.2 Å². The van der Waals surface area contributed by atoms with Gasteiger partial charge in [0.15, 0.2) is 0 Å². The second-order valence-electron chi connectivity index (χ2n) is 5.26. The van der Waals surface area contributed by atoms with Crippen LogP contribution in [0.1, 0.15) is 24.0 Å². The normalized spacial score (nSPS) is 14.8. The molecule has 2 rings (SSSR count). The molecule has 1 aromatic carbocycles. The van der Waals surface area contributed by atoms with Crippen LogP contribution in [-0.4, -0.2) is 40.1 Å². The van der Waals surface area contributed by atoms with Crippen molar-refractivity contribution in [2.75, 3.05) is 34.0 Å². The van der Waals surface area contributed by atoms with Crippen molar-refractivity contribution in [3.05, 3.63) is 35.4 Å². The lowest BCUT2D eigenvalue weighted by molar-refractivity contribution is 0.146. The first-order chi connectivity index (χ1) is 10.3. The van der Waals surface area contributed by atoms with Gasteiger partial charge in [0.25, 0.3) is 0 Å². The van der Waals surface area contributed by atoms with Gasteiger partial charge >= 0.3 is 0 Å². The van der Waals surface area contributed by atoms with Gasteiger partial charge in [-0.15, -0.1) is 0 Å². The van der Waals surface area contributed by atoms with E-state index >= 15 is 0 Å². The largest absolute Gasteiger partial charge is 0.491 e. The molecule has 0 amide bonds. The smallest absolute Gasteiger partial charge is 0.120 e. The fraction of sp³-hybridized carbons (Fsp3) is 0.529. The van der Waals surface area contributed by atoms with Crippen molar-refractivity contribution in [2.45, 2.75) is 25.4 Å². The third kappa shape index (κ3) is 6.29. The molecule has 4 nitrogen and oxygen atoms in total. The number of ether oxygens (including phenoxy) is 3. The number of nitrogens with one attached hydrogen (secondary N) is 1. The predicted octanol–water partition coefficient (Wildman–Crippen LogP) is 2.62. The second-order valence-corrected chi connectivity index (χ2v) is 5.26. The van der Waals surface area contributed by atoms with E-state index in [4.69, 9.17) is 14.2 Å². The number of rotatable bonds is 10. The van der Waals surface area contributed by atoms with Crippen molar-refractivity contribution >= 4 is 6.08 Å². The van der Waals surface area contributed by atoms with Gasteiger partial charge in [-0.1, -0.05) is 18.2 Å². The predicted molar refractivity (Wildman–Crippen MR) is 84.6 cm³/mol. The fourth-order valence-electron chi connectivity index (χ4n) is 2.04. The van der Waals surface area contributed by atoms with Gasteiger partial charge in [0.2, 0.25) is 0 Å². The van der Waals surface area contributed by atoms with Crippen LogP contribution in [0.2, 0.25) is 0 Å². The van der Waals surface area contributed by atoms with Crippen molar-refractivity contribution in [2.24, 2.45) is 0 Å². The molecule has 0 aromatic heterocycles. The Morgan fingerprint density at radius 1 is 1.14 bits per heavy atom. The highest BCUT2D eigenvalue weighted by Gasteiger charge is 2.20. The van der Waals surface area contributed by atoms with E-state index in [0.717, 1.165) is 17.9 Å². The van der Waals surface area contributed by atoms with Gasteiger partial charge in [-0.3, -0.25) is 0 Å². The first-order valence-electron chi connectivity index (χ1n) is 7.46. The SMILES string of the molecule is COCC=Cc1cc(CNC2CC2)cc(OCCOC)c1. The second kappa shape index (κ2) is 8.82. The molecule has 1 aromatic rings. The van der Waals surface area contributed by atoms with E-state index in [9.17, 15) is 0 Å². The van der Waals surface area contributed by atoms with Crippen LogP contribution in [-0.2, 0) is 16.0 Å². The highest BCUT2D eigenvalue weighted by atomic mass is 16.5. The van der Waals surface area contributed by atoms with Crippen LogP contribution >= 0.6 is 0 Å². The minimum absolute atomic E-state index is 0.567. The van der Waals surface area contributed by atoms with Gasteiger partial charge in [0.05, 0.1) is 13.2 Å². The summed E-state index contributed by atoms with van der Waals surface area (Å²) in [6, 6.07) is 7.03. The molecule has 1 aliphatic carbocycles. The summed E-state index contributed by atoms with van der Waals surface area (Å²) in [5, 5.41) is 3.53. The molecule has 0 spiro atoms. The minimum atomic E-state index is 0.567. The maximum Gasteiger partial charge on any atom is 0.120 e. The molecule has 0 saturated heterocycles. The third-order valence-corrected chi connectivity index (χ3v) is 3.29. The van der Waals surface area contributed by atoms with Gasteiger partial charge in [-0.25, -0.2) is 0 Å². The summed E-state index contributed by atoms with van der Waals surface area (Å²) in [6.07, 6.45) is 6.66. The Bertz CT molecular complexity index is 455. The highest BCUT2D eigenvalue weighted by Crippen LogP contribution is 2.22. The van der Waals surface area contributed by atoms with E-state index in [1.165, 1.54) is 18.4 Å². The summed E-state index contributed by atoms with van der Waals surface area (Å²) in [5.74, 6) is 0.888. The van der Waals surface area contributed by atoms with Crippen molar-refractivity contribution in [1.82, 2.24) is 5.32 Å². The maximum atomic E-state index is 5.74. The molecule has 0 radical (unpaired) electrons. The first kappa shape index (κ1) is 16.0. The summed E-state index contributed by atoms with van der Waals surface area (Å²) in [7, 11) is 3.37. The Hall–Kier alpha value is -1.36. The van der Waals surface area contributed by atoms with Gasteiger partial charge in [-0.2, -0.15) is 0 Å². The van der Waals surface area contributed by atoms with E-state index in [-0.39, 0.29) is 0 Å². The fourth-order valence-corrected chi connectivity index (χ4v) is 2.04. The third-order valence-electron chi connectivity index (χ3n) is 3.29. The molecule has 1 fully saturated rings. The van der Waals surface area contributed by atoms with Gasteiger partial charge < -0.3 is 19.5 Å².